The lowest BCUT2D eigenvalue weighted by Crippen LogP contribution is -2.45. The van der Waals surface area contributed by atoms with Gasteiger partial charge in [0.1, 0.15) is 5.60 Å². The molecular weight excluding hydrogens is 258 g/mol. The van der Waals surface area contributed by atoms with Crippen LogP contribution in [0.3, 0.4) is 0 Å². The molecule has 5 N–H and O–H groups in total. The number of benzene rings is 1. The van der Waals surface area contributed by atoms with Gasteiger partial charge in [0.2, 0.25) is 0 Å². The molecule has 1 aromatic rings. The van der Waals surface area contributed by atoms with E-state index in [2.05, 4.69) is 0 Å². The maximum absolute atomic E-state index is 10.2. The Hall–Kier alpha value is -2.11. The number of hydrogen-bond donors (Lipinski definition) is 4. The SMILES string of the molecule is CC(N)C1(O)C=CC=C(O)C1.O=C(O)c1ccccc1. The van der Waals surface area contributed by atoms with Crippen molar-refractivity contribution in [2.75, 3.05) is 0 Å². The summed E-state index contributed by atoms with van der Waals surface area (Å²) in [5.41, 5.74) is 4.78. The van der Waals surface area contributed by atoms with E-state index in [9.17, 15) is 9.90 Å². The van der Waals surface area contributed by atoms with Gasteiger partial charge >= 0.3 is 5.97 Å². The fourth-order valence-corrected chi connectivity index (χ4v) is 1.63. The van der Waals surface area contributed by atoms with Crippen LogP contribution >= 0.6 is 0 Å². The largest absolute Gasteiger partial charge is 0.512 e. The van der Waals surface area contributed by atoms with Crippen LogP contribution in [0.15, 0.2) is 54.3 Å². The first-order chi connectivity index (χ1) is 9.35. The van der Waals surface area contributed by atoms with Crippen molar-refractivity contribution < 1.29 is 20.1 Å². The van der Waals surface area contributed by atoms with Gasteiger partial charge in [-0.05, 0) is 25.1 Å². The zero-order valence-electron chi connectivity index (χ0n) is 11.2. The lowest BCUT2D eigenvalue weighted by Gasteiger charge is -2.29. The number of carboxylic acid groups (broad SMARTS) is 1. The summed E-state index contributed by atoms with van der Waals surface area (Å²) in [7, 11) is 0. The predicted molar refractivity (Wildman–Crippen MR) is 76.5 cm³/mol. The molecule has 0 fully saturated rings. The van der Waals surface area contributed by atoms with E-state index in [1.54, 1.807) is 55.5 Å². The van der Waals surface area contributed by atoms with Gasteiger partial charge in [-0.25, -0.2) is 4.79 Å². The van der Waals surface area contributed by atoms with Crippen molar-refractivity contribution in [2.45, 2.75) is 25.0 Å². The Labute approximate surface area is 117 Å². The van der Waals surface area contributed by atoms with Crippen molar-refractivity contribution >= 4 is 5.97 Å². The molecule has 2 unspecified atom stereocenters. The molecule has 0 aromatic heterocycles. The standard InChI is InChI=1S/C8H13NO2.C7H6O2/c1-6(9)8(11)4-2-3-7(10)5-8;8-7(9)6-4-2-1-3-5-6/h2-4,6,10-11H,5,9H2,1H3;1-5H,(H,8,9). The Balaban J connectivity index is 0.000000204. The van der Waals surface area contributed by atoms with Crippen LogP contribution < -0.4 is 5.73 Å². The Morgan fingerprint density at radius 2 is 1.95 bits per heavy atom. The quantitative estimate of drug-likeness (QED) is 0.660. The minimum Gasteiger partial charge on any atom is -0.512 e. The van der Waals surface area contributed by atoms with Crippen LogP contribution in [0, 0.1) is 0 Å². The summed E-state index contributed by atoms with van der Waals surface area (Å²) in [5.74, 6) is -0.706. The highest BCUT2D eigenvalue weighted by Crippen LogP contribution is 2.23. The number of allylic oxidation sites excluding steroid dienone is 2. The normalized spacial score (nSPS) is 22.2. The minimum absolute atomic E-state index is 0.173. The summed E-state index contributed by atoms with van der Waals surface area (Å²) in [6.45, 7) is 1.71. The van der Waals surface area contributed by atoms with Crippen molar-refractivity contribution in [2.24, 2.45) is 5.73 Å². The Morgan fingerprint density at radius 3 is 2.30 bits per heavy atom. The van der Waals surface area contributed by atoms with Gasteiger partial charge in [0.15, 0.2) is 0 Å². The number of carbonyl (C=O) groups is 1. The zero-order chi connectivity index (χ0) is 15.2. The number of aliphatic hydroxyl groups excluding tert-OH is 1. The molecule has 2 atom stereocenters. The maximum atomic E-state index is 10.2. The van der Waals surface area contributed by atoms with Crippen LogP contribution in [0.4, 0.5) is 0 Å². The molecule has 0 saturated carbocycles. The molecule has 1 aliphatic rings. The minimum atomic E-state index is -1.07. The van der Waals surface area contributed by atoms with Gasteiger partial charge in [-0.3, -0.25) is 0 Å². The van der Waals surface area contributed by atoms with Gasteiger partial charge in [-0.2, -0.15) is 0 Å². The van der Waals surface area contributed by atoms with E-state index in [1.807, 2.05) is 0 Å². The summed E-state index contributed by atoms with van der Waals surface area (Å²) < 4.78 is 0. The van der Waals surface area contributed by atoms with Crippen LogP contribution in [0.2, 0.25) is 0 Å². The molecule has 0 saturated heterocycles. The Morgan fingerprint density at radius 1 is 1.35 bits per heavy atom. The number of aromatic carboxylic acids is 1. The van der Waals surface area contributed by atoms with E-state index in [-0.39, 0.29) is 18.2 Å². The maximum Gasteiger partial charge on any atom is 0.335 e. The molecule has 108 valence electrons. The summed E-state index contributed by atoms with van der Waals surface area (Å²) in [6, 6.07) is 7.93. The lowest BCUT2D eigenvalue weighted by molar-refractivity contribution is 0.0563. The summed E-state index contributed by atoms with van der Waals surface area (Å²) in [6.07, 6.45) is 4.98. The average molecular weight is 277 g/mol. The fraction of sp³-hybridized carbons (Fsp3) is 0.267. The fourth-order valence-electron chi connectivity index (χ4n) is 1.63. The first-order valence-corrected chi connectivity index (χ1v) is 6.19. The van der Waals surface area contributed by atoms with Gasteiger partial charge in [-0.15, -0.1) is 0 Å². The molecule has 0 amide bonds. The van der Waals surface area contributed by atoms with E-state index in [0.29, 0.717) is 5.56 Å². The topological polar surface area (TPSA) is 104 Å². The van der Waals surface area contributed by atoms with E-state index in [0.717, 1.165) is 0 Å². The molecule has 2 rings (SSSR count). The smallest absolute Gasteiger partial charge is 0.335 e. The number of hydrogen-bond acceptors (Lipinski definition) is 4. The van der Waals surface area contributed by atoms with Crippen LogP contribution in [0.1, 0.15) is 23.7 Å². The van der Waals surface area contributed by atoms with E-state index in [1.165, 1.54) is 0 Å². The summed E-state index contributed by atoms with van der Waals surface area (Å²) >= 11 is 0. The third-order valence-corrected chi connectivity index (χ3v) is 2.95. The number of rotatable bonds is 2. The van der Waals surface area contributed by atoms with Gasteiger partial charge < -0.3 is 21.1 Å². The van der Waals surface area contributed by atoms with Crippen molar-refractivity contribution in [3.63, 3.8) is 0 Å². The molecule has 0 heterocycles. The molecule has 5 nitrogen and oxygen atoms in total. The van der Waals surface area contributed by atoms with Crippen LogP contribution in [0.25, 0.3) is 0 Å². The van der Waals surface area contributed by atoms with Gasteiger partial charge in [0, 0.05) is 12.5 Å². The van der Waals surface area contributed by atoms with Gasteiger partial charge in [0.25, 0.3) is 0 Å². The summed E-state index contributed by atoms with van der Waals surface area (Å²) in [4.78, 5) is 10.2. The average Bonchev–Trinajstić information content (AvgIpc) is 2.40. The lowest BCUT2D eigenvalue weighted by atomic mass is 9.88. The van der Waals surface area contributed by atoms with Crippen LogP contribution in [0.5, 0.6) is 0 Å². The highest BCUT2D eigenvalue weighted by Gasteiger charge is 2.31. The first-order valence-electron chi connectivity index (χ1n) is 6.19. The Kier molecular flexibility index (Phi) is 5.49. The van der Waals surface area contributed by atoms with Crippen LogP contribution in [-0.2, 0) is 0 Å². The molecule has 0 radical (unpaired) electrons. The van der Waals surface area contributed by atoms with Crippen molar-refractivity contribution in [1.82, 2.24) is 0 Å². The van der Waals surface area contributed by atoms with E-state index < -0.39 is 11.6 Å². The van der Waals surface area contributed by atoms with Crippen LogP contribution in [-0.4, -0.2) is 32.9 Å². The Bertz CT molecular complexity index is 508. The highest BCUT2D eigenvalue weighted by atomic mass is 16.4. The molecule has 0 aliphatic heterocycles. The second kappa shape index (κ2) is 6.88. The van der Waals surface area contributed by atoms with Crippen molar-refractivity contribution in [3.8, 4) is 0 Å². The molecule has 1 aliphatic carbocycles. The molecule has 1 aromatic carbocycles. The third-order valence-electron chi connectivity index (χ3n) is 2.95. The third kappa shape index (κ3) is 4.53. The predicted octanol–water partition coefficient (Wildman–Crippen LogP) is 1.85. The molecule has 0 spiro atoms. The van der Waals surface area contributed by atoms with Gasteiger partial charge in [0.05, 0.1) is 11.3 Å². The molecule has 5 heteroatoms. The number of carboxylic acids is 1. The van der Waals surface area contributed by atoms with E-state index >= 15 is 0 Å². The van der Waals surface area contributed by atoms with Crippen molar-refractivity contribution in [1.29, 1.82) is 0 Å². The monoisotopic (exact) mass is 277 g/mol. The van der Waals surface area contributed by atoms with Crippen molar-refractivity contribution in [3.05, 3.63) is 59.9 Å². The molecular formula is C15H19NO4. The van der Waals surface area contributed by atoms with E-state index in [4.69, 9.17) is 15.9 Å². The zero-order valence-corrected chi connectivity index (χ0v) is 11.2. The highest BCUT2D eigenvalue weighted by molar-refractivity contribution is 5.87. The second-order valence-corrected chi connectivity index (χ2v) is 4.64. The first kappa shape index (κ1) is 15.9. The summed E-state index contributed by atoms with van der Waals surface area (Å²) in [5, 5.41) is 27.2. The number of nitrogens with two attached hydrogens (primary N) is 1. The molecule has 20 heavy (non-hydrogen) atoms. The second-order valence-electron chi connectivity index (χ2n) is 4.64. The number of aliphatic hydroxyl groups is 2. The molecule has 0 bridgehead atoms. The van der Waals surface area contributed by atoms with Gasteiger partial charge in [-0.1, -0.05) is 30.4 Å².